The number of hydrogen-bond donors (Lipinski definition) is 0. The highest BCUT2D eigenvalue weighted by Gasteiger charge is 2.27. The molecule has 0 radical (unpaired) electrons. The van der Waals surface area contributed by atoms with Crippen molar-refractivity contribution in [3.63, 3.8) is 0 Å². The maximum absolute atomic E-state index is 12.8. The number of aromatic nitrogens is 1. The molecule has 6 nitrogen and oxygen atoms in total. The Labute approximate surface area is 174 Å². The van der Waals surface area contributed by atoms with Crippen LogP contribution in [0.2, 0.25) is 0 Å². The predicted octanol–water partition coefficient (Wildman–Crippen LogP) is 4.15. The van der Waals surface area contributed by atoms with E-state index >= 15 is 0 Å². The van der Waals surface area contributed by atoms with Gasteiger partial charge in [-0.05, 0) is 23.8 Å². The first-order chi connectivity index (χ1) is 13.6. The van der Waals surface area contributed by atoms with Gasteiger partial charge in [0.1, 0.15) is 6.61 Å². The molecule has 1 saturated heterocycles. The molecule has 0 N–H and O–H groups in total. The Hall–Kier alpha value is -2.45. The van der Waals surface area contributed by atoms with E-state index in [4.69, 9.17) is 4.74 Å². The van der Waals surface area contributed by atoms with Gasteiger partial charge in [0, 0.05) is 30.7 Å². The fraction of sp³-hybridized carbons (Fsp3) is 0.250. The highest BCUT2D eigenvalue weighted by molar-refractivity contribution is 9.10. The van der Waals surface area contributed by atoms with Crippen molar-refractivity contribution < 1.29 is 14.3 Å². The highest BCUT2D eigenvalue weighted by Crippen LogP contribution is 2.26. The summed E-state index contributed by atoms with van der Waals surface area (Å²) >= 11 is 4.83. The number of piperazine rings is 1. The Kier molecular flexibility index (Phi) is 5.59. The number of thiazole rings is 1. The SMILES string of the molecule is O=C(OCc1ccccc1)N1CCN(C(=O)c2nc3ccc(Br)cc3s2)CC1. The van der Waals surface area contributed by atoms with Crippen LogP contribution in [-0.4, -0.2) is 53.0 Å². The lowest BCUT2D eigenvalue weighted by atomic mass is 10.2. The lowest BCUT2D eigenvalue weighted by Gasteiger charge is -2.33. The smallest absolute Gasteiger partial charge is 0.410 e. The van der Waals surface area contributed by atoms with Gasteiger partial charge in [0.25, 0.3) is 5.91 Å². The second-order valence-electron chi connectivity index (χ2n) is 6.45. The van der Waals surface area contributed by atoms with Gasteiger partial charge in [-0.25, -0.2) is 9.78 Å². The van der Waals surface area contributed by atoms with E-state index in [1.165, 1.54) is 11.3 Å². The summed E-state index contributed by atoms with van der Waals surface area (Å²) in [5.41, 5.74) is 1.77. The predicted molar refractivity (Wildman–Crippen MR) is 111 cm³/mol. The number of ether oxygens (including phenoxy) is 1. The number of hydrogen-bond acceptors (Lipinski definition) is 5. The topological polar surface area (TPSA) is 62.7 Å². The zero-order chi connectivity index (χ0) is 19.5. The minimum atomic E-state index is -0.346. The molecule has 1 aliphatic rings. The van der Waals surface area contributed by atoms with Crippen LogP contribution in [0.5, 0.6) is 0 Å². The van der Waals surface area contributed by atoms with Crippen molar-refractivity contribution in [2.24, 2.45) is 0 Å². The molecule has 1 aliphatic heterocycles. The molecule has 2 amide bonds. The molecule has 0 saturated carbocycles. The summed E-state index contributed by atoms with van der Waals surface area (Å²) in [5, 5.41) is 0.480. The van der Waals surface area contributed by atoms with Crippen LogP contribution in [0.25, 0.3) is 10.2 Å². The average molecular weight is 460 g/mol. The number of benzene rings is 2. The Morgan fingerprint density at radius 3 is 2.50 bits per heavy atom. The summed E-state index contributed by atoms with van der Waals surface area (Å²) < 4.78 is 7.30. The van der Waals surface area contributed by atoms with Crippen molar-refractivity contribution in [3.8, 4) is 0 Å². The number of carbonyl (C=O) groups excluding carboxylic acids is 2. The number of halogens is 1. The van der Waals surface area contributed by atoms with Crippen molar-refractivity contribution in [2.45, 2.75) is 6.61 Å². The first-order valence-corrected chi connectivity index (χ1v) is 10.5. The molecule has 0 bridgehead atoms. The zero-order valence-corrected chi connectivity index (χ0v) is 17.4. The molecule has 2 heterocycles. The molecule has 0 aliphatic carbocycles. The van der Waals surface area contributed by atoms with Crippen LogP contribution in [0.15, 0.2) is 53.0 Å². The number of rotatable bonds is 3. The maximum atomic E-state index is 12.8. The summed E-state index contributed by atoms with van der Waals surface area (Å²) in [6.45, 7) is 2.10. The van der Waals surface area contributed by atoms with Crippen LogP contribution in [0, 0.1) is 0 Å². The highest BCUT2D eigenvalue weighted by atomic mass is 79.9. The molecule has 0 unspecified atom stereocenters. The summed E-state index contributed by atoms with van der Waals surface area (Å²) in [6, 6.07) is 15.4. The van der Waals surface area contributed by atoms with Crippen LogP contribution in [0.1, 0.15) is 15.4 Å². The average Bonchev–Trinajstić information content (AvgIpc) is 3.15. The zero-order valence-electron chi connectivity index (χ0n) is 15.0. The molecule has 1 aromatic heterocycles. The largest absolute Gasteiger partial charge is 0.445 e. The minimum absolute atomic E-state index is 0.0883. The molecule has 8 heteroatoms. The molecule has 3 aromatic rings. The Bertz CT molecular complexity index is 1000. The number of fused-ring (bicyclic) bond motifs is 1. The summed E-state index contributed by atoms with van der Waals surface area (Å²) in [4.78, 5) is 32.9. The van der Waals surface area contributed by atoms with Crippen molar-refractivity contribution in [3.05, 3.63) is 63.6 Å². The van der Waals surface area contributed by atoms with Gasteiger partial charge in [-0.2, -0.15) is 0 Å². The number of carbonyl (C=O) groups is 2. The van der Waals surface area contributed by atoms with E-state index in [1.54, 1.807) is 9.80 Å². The van der Waals surface area contributed by atoms with Crippen molar-refractivity contribution in [1.82, 2.24) is 14.8 Å². The molecular formula is C20H18BrN3O3S. The summed E-state index contributed by atoms with van der Waals surface area (Å²) in [7, 11) is 0. The fourth-order valence-corrected chi connectivity index (χ4v) is 4.51. The van der Waals surface area contributed by atoms with Crippen molar-refractivity contribution >= 4 is 49.5 Å². The van der Waals surface area contributed by atoms with E-state index in [0.29, 0.717) is 31.2 Å². The molecule has 28 heavy (non-hydrogen) atoms. The van der Waals surface area contributed by atoms with Crippen LogP contribution in [0.3, 0.4) is 0 Å². The Morgan fingerprint density at radius 1 is 1.04 bits per heavy atom. The van der Waals surface area contributed by atoms with E-state index in [1.807, 2.05) is 48.5 Å². The third-order valence-corrected chi connectivity index (χ3v) is 6.06. The van der Waals surface area contributed by atoms with Gasteiger partial charge >= 0.3 is 6.09 Å². The third kappa shape index (κ3) is 4.18. The number of nitrogens with zero attached hydrogens (tertiary/aromatic N) is 3. The fourth-order valence-electron chi connectivity index (χ4n) is 3.03. The van der Waals surface area contributed by atoms with E-state index in [2.05, 4.69) is 20.9 Å². The molecule has 0 atom stereocenters. The van der Waals surface area contributed by atoms with Crippen LogP contribution in [-0.2, 0) is 11.3 Å². The van der Waals surface area contributed by atoms with E-state index in [0.717, 1.165) is 20.3 Å². The van der Waals surface area contributed by atoms with Gasteiger partial charge in [0.2, 0.25) is 0 Å². The van der Waals surface area contributed by atoms with Gasteiger partial charge in [0.05, 0.1) is 10.2 Å². The van der Waals surface area contributed by atoms with Crippen molar-refractivity contribution in [1.29, 1.82) is 0 Å². The van der Waals surface area contributed by atoms with Gasteiger partial charge in [0.15, 0.2) is 5.01 Å². The van der Waals surface area contributed by atoms with E-state index in [-0.39, 0.29) is 18.6 Å². The van der Waals surface area contributed by atoms with Crippen LogP contribution < -0.4 is 0 Å². The van der Waals surface area contributed by atoms with E-state index < -0.39 is 0 Å². The Balaban J connectivity index is 1.32. The third-order valence-electron chi connectivity index (χ3n) is 4.56. The van der Waals surface area contributed by atoms with Crippen LogP contribution >= 0.6 is 27.3 Å². The number of amides is 2. The van der Waals surface area contributed by atoms with Gasteiger partial charge in [-0.15, -0.1) is 11.3 Å². The minimum Gasteiger partial charge on any atom is -0.445 e. The monoisotopic (exact) mass is 459 g/mol. The summed E-state index contributed by atoms with van der Waals surface area (Å²) in [5.74, 6) is -0.0883. The standard InChI is InChI=1S/C20H18BrN3O3S/c21-15-6-7-16-17(12-15)28-18(22-16)19(25)23-8-10-24(11-9-23)20(26)27-13-14-4-2-1-3-5-14/h1-7,12H,8-11,13H2. The molecule has 1 fully saturated rings. The lowest BCUT2D eigenvalue weighted by Crippen LogP contribution is -2.50. The van der Waals surface area contributed by atoms with Gasteiger partial charge in [-0.3, -0.25) is 4.79 Å². The van der Waals surface area contributed by atoms with E-state index in [9.17, 15) is 9.59 Å². The molecular weight excluding hydrogens is 442 g/mol. The first kappa shape index (κ1) is 18.9. The van der Waals surface area contributed by atoms with Crippen molar-refractivity contribution in [2.75, 3.05) is 26.2 Å². The Morgan fingerprint density at radius 2 is 1.75 bits per heavy atom. The summed E-state index contributed by atoms with van der Waals surface area (Å²) in [6.07, 6.45) is -0.346. The molecule has 4 rings (SSSR count). The molecule has 2 aromatic carbocycles. The van der Waals surface area contributed by atoms with Gasteiger partial charge in [-0.1, -0.05) is 46.3 Å². The normalized spacial score (nSPS) is 14.3. The lowest BCUT2D eigenvalue weighted by molar-refractivity contribution is 0.0544. The molecule has 144 valence electrons. The maximum Gasteiger partial charge on any atom is 0.410 e. The second kappa shape index (κ2) is 8.28. The van der Waals surface area contributed by atoms with Gasteiger partial charge < -0.3 is 14.5 Å². The first-order valence-electron chi connectivity index (χ1n) is 8.91. The quantitative estimate of drug-likeness (QED) is 0.589. The molecule has 0 spiro atoms. The second-order valence-corrected chi connectivity index (χ2v) is 8.40. The van der Waals surface area contributed by atoms with Crippen LogP contribution in [0.4, 0.5) is 4.79 Å².